The highest BCUT2D eigenvalue weighted by atomic mass is 16.7. The van der Waals surface area contributed by atoms with Gasteiger partial charge < -0.3 is 9.31 Å². The summed E-state index contributed by atoms with van der Waals surface area (Å²) in [5.41, 5.74) is -1.06. The highest BCUT2D eigenvalue weighted by Gasteiger charge is 2.52. The third-order valence-electron chi connectivity index (χ3n) is 2.96. The maximum atomic E-state index is 7.84. The second-order valence-corrected chi connectivity index (χ2v) is 4.57. The molecule has 0 bridgehead atoms. The first-order valence-electron chi connectivity index (χ1n) is 6.87. The monoisotopic (exact) mass is 209 g/mol. The molecule has 0 atom stereocenters. The molecular weight excluding hydrogens is 189 g/mol. The fourth-order valence-electron chi connectivity index (χ4n) is 1.31. The highest BCUT2D eigenvalue weighted by Crippen LogP contribution is 2.36. The third kappa shape index (κ3) is 1.79. The van der Waals surface area contributed by atoms with E-state index < -0.39 is 18.3 Å². The Morgan fingerprint density at radius 2 is 1.80 bits per heavy atom. The summed E-state index contributed by atoms with van der Waals surface area (Å²) in [6, 6.07) is -0.908. The molecule has 0 aromatic carbocycles. The number of pyridine rings is 1. The normalized spacial score (nSPS) is 26.8. The summed E-state index contributed by atoms with van der Waals surface area (Å²) in [6.45, 7) is 7.49. The third-order valence-corrected chi connectivity index (χ3v) is 2.96. The second-order valence-electron chi connectivity index (χ2n) is 4.57. The standard InChI is InChI=1S/C11H16BNO2/c1-10(2)11(3,4)15-12(14-10)9-7-5-6-8-13-9/h5-8H,1-4H3/i5D,6D,7D,8D. The van der Waals surface area contributed by atoms with Crippen molar-refractivity contribution in [3.8, 4) is 0 Å². The van der Waals surface area contributed by atoms with Gasteiger partial charge in [0.05, 0.1) is 22.3 Å². The summed E-state index contributed by atoms with van der Waals surface area (Å²) in [6.07, 6.45) is -0.342. The van der Waals surface area contributed by atoms with Gasteiger partial charge in [0.15, 0.2) is 0 Å². The molecule has 1 fully saturated rings. The van der Waals surface area contributed by atoms with Crippen molar-refractivity contribution < 1.29 is 14.8 Å². The molecule has 0 radical (unpaired) electrons. The van der Waals surface area contributed by atoms with Gasteiger partial charge in [-0.15, -0.1) is 0 Å². The van der Waals surface area contributed by atoms with Crippen LogP contribution in [0, 0.1) is 0 Å². The molecule has 0 unspecified atom stereocenters. The molecule has 0 N–H and O–H groups in total. The molecule has 1 aromatic heterocycles. The fraction of sp³-hybridized carbons (Fsp3) is 0.545. The first-order chi connectivity index (χ1) is 8.57. The molecule has 0 aliphatic carbocycles. The van der Waals surface area contributed by atoms with Crippen molar-refractivity contribution >= 4 is 12.7 Å². The molecule has 1 aliphatic rings. The quantitative estimate of drug-likeness (QED) is 0.654. The van der Waals surface area contributed by atoms with E-state index in [-0.39, 0.29) is 29.9 Å². The van der Waals surface area contributed by atoms with Gasteiger partial charge in [-0.1, -0.05) is 6.04 Å². The molecule has 80 valence electrons. The zero-order valence-electron chi connectivity index (χ0n) is 13.3. The Morgan fingerprint density at radius 3 is 2.40 bits per heavy atom. The molecule has 3 nitrogen and oxygen atoms in total. The smallest absolute Gasteiger partial charge is 0.398 e. The van der Waals surface area contributed by atoms with Gasteiger partial charge in [-0.3, -0.25) is 4.98 Å². The zero-order valence-corrected chi connectivity index (χ0v) is 9.34. The van der Waals surface area contributed by atoms with Crippen molar-refractivity contribution in [3.05, 3.63) is 24.3 Å². The van der Waals surface area contributed by atoms with Gasteiger partial charge >= 0.3 is 7.12 Å². The first kappa shape index (κ1) is 6.66. The minimum absolute atomic E-state index is 0.0876. The van der Waals surface area contributed by atoms with E-state index in [1.807, 2.05) is 27.7 Å². The lowest BCUT2D eigenvalue weighted by Crippen LogP contribution is -2.41. The van der Waals surface area contributed by atoms with Crippen molar-refractivity contribution in [2.75, 3.05) is 0 Å². The molecule has 2 heterocycles. The van der Waals surface area contributed by atoms with Crippen molar-refractivity contribution in [3.63, 3.8) is 0 Å². The van der Waals surface area contributed by atoms with Crippen LogP contribution in [0.4, 0.5) is 0 Å². The lowest BCUT2D eigenvalue weighted by atomic mass is 9.84. The molecule has 0 spiro atoms. The van der Waals surface area contributed by atoms with E-state index in [0.717, 1.165) is 0 Å². The van der Waals surface area contributed by atoms with Crippen LogP contribution in [0.1, 0.15) is 33.2 Å². The molecule has 1 aliphatic heterocycles. The van der Waals surface area contributed by atoms with E-state index >= 15 is 0 Å². The first-order valence-corrected chi connectivity index (χ1v) is 4.87. The van der Waals surface area contributed by atoms with E-state index in [1.54, 1.807) is 0 Å². The molecule has 1 saturated heterocycles. The fourth-order valence-corrected chi connectivity index (χ4v) is 1.31. The van der Waals surface area contributed by atoms with Gasteiger partial charge in [0.1, 0.15) is 0 Å². The minimum Gasteiger partial charge on any atom is -0.398 e. The Balaban J connectivity index is 2.46. The van der Waals surface area contributed by atoms with Gasteiger partial charge in [0.2, 0.25) is 0 Å². The van der Waals surface area contributed by atoms with E-state index in [9.17, 15) is 0 Å². The van der Waals surface area contributed by atoms with Gasteiger partial charge in [0.25, 0.3) is 0 Å². The lowest BCUT2D eigenvalue weighted by Gasteiger charge is -2.32. The van der Waals surface area contributed by atoms with Crippen LogP contribution in [-0.4, -0.2) is 23.3 Å². The zero-order chi connectivity index (χ0) is 14.6. The molecular formula is C11H16BNO2. The van der Waals surface area contributed by atoms with E-state index in [2.05, 4.69) is 4.98 Å². The summed E-state index contributed by atoms with van der Waals surface area (Å²) < 4.78 is 42.0. The van der Waals surface area contributed by atoms with Crippen molar-refractivity contribution in [1.29, 1.82) is 0 Å². The molecule has 2 rings (SSSR count). The maximum Gasteiger partial charge on any atom is 0.514 e. The number of nitrogens with zero attached hydrogens (tertiary/aromatic N) is 1. The topological polar surface area (TPSA) is 31.4 Å². The van der Waals surface area contributed by atoms with Gasteiger partial charge in [-0.05, 0) is 39.8 Å². The Labute approximate surface area is 96.6 Å². The van der Waals surface area contributed by atoms with Crippen LogP contribution >= 0.6 is 0 Å². The highest BCUT2D eigenvalue weighted by molar-refractivity contribution is 6.61. The van der Waals surface area contributed by atoms with Crippen LogP contribution < -0.4 is 5.59 Å². The number of rotatable bonds is 1. The number of hydrogen-bond acceptors (Lipinski definition) is 3. The molecule has 0 amide bonds. The summed E-state index contributed by atoms with van der Waals surface area (Å²) in [5.74, 6) is 0. The van der Waals surface area contributed by atoms with Crippen LogP contribution in [0.15, 0.2) is 24.3 Å². The largest absolute Gasteiger partial charge is 0.514 e. The van der Waals surface area contributed by atoms with E-state index in [4.69, 9.17) is 14.8 Å². The molecule has 4 heteroatoms. The van der Waals surface area contributed by atoms with E-state index in [0.29, 0.717) is 0 Å². The molecule has 15 heavy (non-hydrogen) atoms. The second kappa shape index (κ2) is 3.32. The SMILES string of the molecule is [2H]c1nc(B2OC(C)(C)C(C)(C)O2)c([2H])c([2H])c1[2H]. The number of hydrogen-bond donors (Lipinski definition) is 0. The molecule has 0 saturated carbocycles. The van der Waals surface area contributed by atoms with Crippen LogP contribution in [0.25, 0.3) is 0 Å². The van der Waals surface area contributed by atoms with Crippen LogP contribution in [-0.2, 0) is 9.31 Å². The Kier molecular flexibility index (Phi) is 1.47. The molecule has 1 aromatic rings. The van der Waals surface area contributed by atoms with Gasteiger partial charge in [0, 0.05) is 6.17 Å². The van der Waals surface area contributed by atoms with Crippen molar-refractivity contribution in [1.82, 2.24) is 4.98 Å². The summed E-state index contributed by atoms with van der Waals surface area (Å²) in [7, 11) is -0.883. The summed E-state index contributed by atoms with van der Waals surface area (Å²) in [5, 5.41) is 0. The maximum absolute atomic E-state index is 7.84. The van der Waals surface area contributed by atoms with Crippen LogP contribution in [0.2, 0.25) is 0 Å². The number of aromatic nitrogens is 1. The predicted octanol–water partition coefficient (Wildman–Crippen LogP) is 1.38. The van der Waals surface area contributed by atoms with Gasteiger partial charge in [-0.25, -0.2) is 0 Å². The average molecular weight is 209 g/mol. The Bertz CT molecular complexity index is 520. The summed E-state index contributed by atoms with van der Waals surface area (Å²) in [4.78, 5) is 3.87. The van der Waals surface area contributed by atoms with Crippen molar-refractivity contribution in [2.45, 2.75) is 38.9 Å². The minimum atomic E-state index is -0.883. The Hall–Kier alpha value is -0.865. The van der Waals surface area contributed by atoms with Gasteiger partial charge in [-0.2, -0.15) is 0 Å². The van der Waals surface area contributed by atoms with Crippen molar-refractivity contribution in [2.24, 2.45) is 0 Å². The predicted molar refractivity (Wildman–Crippen MR) is 60.0 cm³/mol. The summed E-state index contributed by atoms with van der Waals surface area (Å²) >= 11 is 0. The van der Waals surface area contributed by atoms with Crippen LogP contribution in [0.5, 0.6) is 0 Å². The Morgan fingerprint density at radius 1 is 1.20 bits per heavy atom. The van der Waals surface area contributed by atoms with E-state index in [1.165, 1.54) is 0 Å². The lowest BCUT2D eigenvalue weighted by molar-refractivity contribution is 0.00578. The average Bonchev–Trinajstić information content (AvgIpc) is 2.50. The van der Waals surface area contributed by atoms with Crippen LogP contribution in [0.3, 0.4) is 0 Å².